The zero-order valence-electron chi connectivity index (χ0n) is 14.3. The minimum atomic E-state index is -0.263. The van der Waals surface area contributed by atoms with E-state index in [4.69, 9.17) is 4.74 Å². The second-order valence-electron chi connectivity index (χ2n) is 5.83. The maximum absolute atomic E-state index is 12.5. The first kappa shape index (κ1) is 17.5. The molecule has 0 radical (unpaired) electrons. The van der Waals surface area contributed by atoms with Gasteiger partial charge in [0, 0.05) is 18.2 Å². The highest BCUT2D eigenvalue weighted by Crippen LogP contribution is 2.29. The first-order valence-electron chi connectivity index (χ1n) is 7.77. The number of ether oxygens (including phenoxy) is 1. The van der Waals surface area contributed by atoms with E-state index < -0.39 is 0 Å². The Balaban J connectivity index is 2.26. The predicted molar refractivity (Wildman–Crippen MR) is 95.8 cm³/mol. The Morgan fingerprint density at radius 3 is 2.42 bits per heavy atom. The van der Waals surface area contributed by atoms with Crippen molar-refractivity contribution in [1.29, 1.82) is 0 Å². The fourth-order valence-corrected chi connectivity index (χ4v) is 2.32. The lowest BCUT2D eigenvalue weighted by molar-refractivity contribution is -0.114. The minimum absolute atomic E-state index is 0.182. The number of rotatable bonds is 5. The highest BCUT2D eigenvalue weighted by molar-refractivity contribution is 6.06. The standard InChI is InChI=1S/C19H22N2O3/c1-12(2)14-8-9-18(24-4)17(11-14)21-19(23)15-6-5-7-16(10-15)20-13(3)22/h5-12H,1-4H3,(H,20,22)(H,21,23). The molecule has 2 N–H and O–H groups in total. The average Bonchev–Trinajstić information content (AvgIpc) is 2.54. The molecule has 0 fully saturated rings. The summed E-state index contributed by atoms with van der Waals surface area (Å²) in [5, 5.41) is 5.54. The van der Waals surface area contributed by atoms with Crippen LogP contribution in [-0.2, 0) is 4.79 Å². The minimum Gasteiger partial charge on any atom is -0.495 e. The van der Waals surface area contributed by atoms with Crippen molar-refractivity contribution in [2.24, 2.45) is 0 Å². The van der Waals surface area contributed by atoms with Gasteiger partial charge in [0.1, 0.15) is 5.75 Å². The van der Waals surface area contributed by atoms with Crippen LogP contribution in [0.15, 0.2) is 42.5 Å². The molecule has 0 bridgehead atoms. The van der Waals surface area contributed by atoms with Gasteiger partial charge in [-0.3, -0.25) is 9.59 Å². The van der Waals surface area contributed by atoms with Crippen LogP contribution >= 0.6 is 0 Å². The third kappa shape index (κ3) is 4.35. The van der Waals surface area contributed by atoms with Gasteiger partial charge in [0.25, 0.3) is 5.91 Å². The molecule has 2 amide bonds. The molecule has 5 heteroatoms. The average molecular weight is 326 g/mol. The van der Waals surface area contributed by atoms with Gasteiger partial charge in [-0.25, -0.2) is 0 Å². The van der Waals surface area contributed by atoms with Gasteiger partial charge in [-0.1, -0.05) is 26.0 Å². The third-order valence-corrected chi connectivity index (χ3v) is 3.58. The third-order valence-electron chi connectivity index (χ3n) is 3.58. The van der Waals surface area contributed by atoms with E-state index in [1.54, 1.807) is 31.4 Å². The quantitative estimate of drug-likeness (QED) is 0.871. The maximum atomic E-state index is 12.5. The summed E-state index contributed by atoms with van der Waals surface area (Å²) in [6.45, 7) is 5.60. The van der Waals surface area contributed by atoms with E-state index in [9.17, 15) is 9.59 Å². The highest BCUT2D eigenvalue weighted by atomic mass is 16.5. The van der Waals surface area contributed by atoms with Gasteiger partial charge in [0.2, 0.25) is 5.91 Å². The van der Waals surface area contributed by atoms with Gasteiger partial charge in [-0.15, -0.1) is 0 Å². The molecule has 0 aliphatic carbocycles. The Labute approximate surface area is 142 Å². The molecule has 0 saturated carbocycles. The van der Waals surface area contributed by atoms with Crippen molar-refractivity contribution in [3.05, 3.63) is 53.6 Å². The first-order valence-corrected chi connectivity index (χ1v) is 7.77. The Morgan fingerprint density at radius 1 is 1.04 bits per heavy atom. The van der Waals surface area contributed by atoms with Crippen molar-refractivity contribution in [2.45, 2.75) is 26.7 Å². The molecule has 5 nitrogen and oxygen atoms in total. The van der Waals surface area contributed by atoms with Crippen LogP contribution in [0.2, 0.25) is 0 Å². The fraction of sp³-hybridized carbons (Fsp3) is 0.263. The molecule has 0 spiro atoms. The molecule has 0 atom stereocenters. The normalized spacial score (nSPS) is 10.4. The second-order valence-corrected chi connectivity index (χ2v) is 5.83. The summed E-state index contributed by atoms with van der Waals surface area (Å²) < 4.78 is 5.32. The highest BCUT2D eigenvalue weighted by Gasteiger charge is 2.12. The number of carbonyl (C=O) groups is 2. The molecular formula is C19H22N2O3. The van der Waals surface area contributed by atoms with Gasteiger partial charge in [0.05, 0.1) is 12.8 Å². The van der Waals surface area contributed by atoms with Gasteiger partial charge in [0.15, 0.2) is 0 Å². The van der Waals surface area contributed by atoms with Crippen LogP contribution in [0.25, 0.3) is 0 Å². The van der Waals surface area contributed by atoms with E-state index in [1.807, 2.05) is 18.2 Å². The topological polar surface area (TPSA) is 67.4 Å². The molecule has 2 aromatic rings. The summed E-state index contributed by atoms with van der Waals surface area (Å²) in [5.74, 6) is 0.501. The van der Waals surface area contributed by atoms with Crippen LogP contribution in [0.1, 0.15) is 42.6 Å². The first-order chi connectivity index (χ1) is 11.4. The van der Waals surface area contributed by atoms with E-state index in [2.05, 4.69) is 24.5 Å². The van der Waals surface area contributed by atoms with E-state index in [-0.39, 0.29) is 11.8 Å². The number of benzene rings is 2. The molecule has 126 valence electrons. The van der Waals surface area contributed by atoms with Crippen molar-refractivity contribution in [1.82, 2.24) is 0 Å². The van der Waals surface area contributed by atoms with E-state index in [0.717, 1.165) is 5.56 Å². The summed E-state index contributed by atoms with van der Waals surface area (Å²) in [7, 11) is 1.57. The smallest absolute Gasteiger partial charge is 0.255 e. The second kappa shape index (κ2) is 7.64. The van der Waals surface area contributed by atoms with Gasteiger partial charge in [-0.2, -0.15) is 0 Å². The van der Waals surface area contributed by atoms with Gasteiger partial charge >= 0.3 is 0 Å². The number of hydrogen-bond donors (Lipinski definition) is 2. The molecule has 0 saturated heterocycles. The summed E-state index contributed by atoms with van der Waals surface area (Å²) in [6.07, 6.45) is 0. The molecule has 0 aliphatic heterocycles. The molecule has 0 unspecified atom stereocenters. The van der Waals surface area contributed by atoms with Crippen molar-refractivity contribution in [2.75, 3.05) is 17.7 Å². The Morgan fingerprint density at radius 2 is 1.79 bits per heavy atom. The van der Waals surface area contributed by atoms with Crippen LogP contribution in [0.4, 0.5) is 11.4 Å². The number of methoxy groups -OCH3 is 1. The summed E-state index contributed by atoms with van der Waals surface area (Å²) in [5.41, 5.74) is 2.77. The van der Waals surface area contributed by atoms with Crippen molar-refractivity contribution in [3.63, 3.8) is 0 Å². The molecule has 0 aliphatic rings. The number of carbonyl (C=O) groups excluding carboxylic acids is 2. The number of anilines is 2. The lowest BCUT2D eigenvalue weighted by atomic mass is 10.0. The van der Waals surface area contributed by atoms with E-state index >= 15 is 0 Å². The SMILES string of the molecule is COc1ccc(C(C)C)cc1NC(=O)c1cccc(NC(C)=O)c1. The lowest BCUT2D eigenvalue weighted by Gasteiger charge is -2.14. The number of nitrogens with one attached hydrogen (secondary N) is 2. The monoisotopic (exact) mass is 326 g/mol. The summed E-state index contributed by atoms with van der Waals surface area (Å²) >= 11 is 0. The molecular weight excluding hydrogens is 304 g/mol. The lowest BCUT2D eigenvalue weighted by Crippen LogP contribution is -2.14. The van der Waals surface area contributed by atoms with E-state index in [1.165, 1.54) is 6.92 Å². The van der Waals surface area contributed by atoms with Crippen LogP contribution < -0.4 is 15.4 Å². The predicted octanol–water partition coefficient (Wildman–Crippen LogP) is 4.03. The fourth-order valence-electron chi connectivity index (χ4n) is 2.32. The zero-order chi connectivity index (χ0) is 17.7. The van der Waals surface area contributed by atoms with Crippen LogP contribution in [0.5, 0.6) is 5.75 Å². The zero-order valence-corrected chi connectivity index (χ0v) is 14.3. The van der Waals surface area contributed by atoms with Crippen LogP contribution in [0.3, 0.4) is 0 Å². The summed E-state index contributed by atoms with van der Waals surface area (Å²) in [6, 6.07) is 12.5. The number of amides is 2. The molecule has 2 aromatic carbocycles. The number of hydrogen-bond acceptors (Lipinski definition) is 3. The van der Waals surface area contributed by atoms with Crippen molar-refractivity contribution >= 4 is 23.2 Å². The van der Waals surface area contributed by atoms with Crippen LogP contribution in [0, 0.1) is 0 Å². The van der Waals surface area contributed by atoms with Gasteiger partial charge in [-0.05, 0) is 41.8 Å². The van der Waals surface area contributed by atoms with E-state index in [0.29, 0.717) is 28.6 Å². The molecule has 0 heterocycles. The maximum Gasteiger partial charge on any atom is 0.255 e. The Bertz CT molecular complexity index is 754. The van der Waals surface area contributed by atoms with Crippen LogP contribution in [-0.4, -0.2) is 18.9 Å². The Hall–Kier alpha value is -2.82. The summed E-state index contributed by atoms with van der Waals surface area (Å²) in [4.78, 5) is 23.7. The Kier molecular flexibility index (Phi) is 5.58. The van der Waals surface area contributed by atoms with Crippen molar-refractivity contribution < 1.29 is 14.3 Å². The molecule has 2 rings (SSSR count). The van der Waals surface area contributed by atoms with Gasteiger partial charge < -0.3 is 15.4 Å². The van der Waals surface area contributed by atoms with Crippen molar-refractivity contribution in [3.8, 4) is 5.75 Å². The molecule has 24 heavy (non-hydrogen) atoms. The largest absolute Gasteiger partial charge is 0.495 e. The molecule has 0 aromatic heterocycles.